The number of anilines is 1. The van der Waals surface area contributed by atoms with Crippen molar-refractivity contribution in [3.05, 3.63) is 11.9 Å². The summed E-state index contributed by atoms with van der Waals surface area (Å²) in [6, 6.07) is 0. The first-order chi connectivity index (χ1) is 7.86. The highest BCUT2D eigenvalue weighted by Gasteiger charge is 2.33. The first kappa shape index (κ1) is 9.80. The van der Waals surface area contributed by atoms with Crippen LogP contribution in [0.4, 0.5) is 5.69 Å². The minimum atomic E-state index is -0.735. The summed E-state index contributed by atoms with van der Waals surface area (Å²) in [5.74, 6) is -0.125. The van der Waals surface area contributed by atoms with E-state index in [0.717, 1.165) is 24.2 Å². The van der Waals surface area contributed by atoms with Gasteiger partial charge in [0.1, 0.15) is 0 Å². The van der Waals surface area contributed by atoms with Gasteiger partial charge in [0.05, 0.1) is 30.8 Å². The number of aromatic nitrogens is 2. The van der Waals surface area contributed by atoms with E-state index >= 15 is 0 Å². The smallest absolute Gasteiger partial charge is 0.284 e. The Kier molecular flexibility index (Phi) is 2.37. The summed E-state index contributed by atoms with van der Waals surface area (Å²) in [5.41, 5.74) is 1.87. The van der Waals surface area contributed by atoms with Crippen LogP contribution in [0.25, 0.3) is 0 Å². The van der Waals surface area contributed by atoms with Crippen LogP contribution >= 0.6 is 0 Å². The second-order valence-electron chi connectivity index (χ2n) is 3.90. The van der Waals surface area contributed by atoms with Gasteiger partial charge >= 0.3 is 0 Å². The molecule has 0 unspecified atom stereocenters. The zero-order valence-corrected chi connectivity index (χ0v) is 8.81. The standard InChI is InChI=1S/C10H13N3O3/c14-9(10-15-4-5-16-10)13-3-1-2-7-8(13)6-11-12-7/h6,10H,1-5H2,(H,11,12). The molecule has 0 saturated carbocycles. The van der Waals surface area contributed by atoms with E-state index < -0.39 is 6.29 Å². The highest BCUT2D eigenvalue weighted by Crippen LogP contribution is 2.26. The van der Waals surface area contributed by atoms with Crippen molar-refractivity contribution in [2.75, 3.05) is 24.7 Å². The predicted molar refractivity (Wildman–Crippen MR) is 55.0 cm³/mol. The van der Waals surface area contributed by atoms with E-state index in [9.17, 15) is 4.79 Å². The van der Waals surface area contributed by atoms with Crippen LogP contribution in [-0.4, -0.2) is 42.2 Å². The molecular weight excluding hydrogens is 210 g/mol. The third-order valence-electron chi connectivity index (χ3n) is 2.88. The summed E-state index contributed by atoms with van der Waals surface area (Å²) in [4.78, 5) is 13.8. The molecule has 1 N–H and O–H groups in total. The highest BCUT2D eigenvalue weighted by atomic mass is 16.7. The number of carbonyl (C=O) groups excluding carboxylic acids is 1. The van der Waals surface area contributed by atoms with Crippen LogP contribution in [0, 0.1) is 0 Å². The van der Waals surface area contributed by atoms with Gasteiger partial charge in [-0.3, -0.25) is 9.89 Å². The van der Waals surface area contributed by atoms with E-state index in [4.69, 9.17) is 9.47 Å². The number of ether oxygens (including phenoxy) is 2. The van der Waals surface area contributed by atoms with Gasteiger partial charge in [-0.2, -0.15) is 5.10 Å². The molecule has 2 aliphatic heterocycles. The number of hydrogen-bond donors (Lipinski definition) is 1. The Balaban J connectivity index is 1.83. The minimum absolute atomic E-state index is 0.125. The normalized spacial score (nSPS) is 21.1. The van der Waals surface area contributed by atoms with Gasteiger partial charge in [-0.05, 0) is 12.8 Å². The van der Waals surface area contributed by atoms with Crippen LogP contribution in [0.2, 0.25) is 0 Å². The third-order valence-corrected chi connectivity index (χ3v) is 2.88. The van der Waals surface area contributed by atoms with Gasteiger partial charge in [0, 0.05) is 6.54 Å². The summed E-state index contributed by atoms with van der Waals surface area (Å²) in [6.07, 6.45) is 2.82. The Labute approximate surface area is 92.5 Å². The van der Waals surface area contributed by atoms with Crippen LogP contribution in [0.5, 0.6) is 0 Å². The van der Waals surface area contributed by atoms with Crippen LogP contribution < -0.4 is 4.90 Å². The summed E-state index contributed by atoms with van der Waals surface area (Å²) in [5, 5.41) is 6.87. The molecule has 1 amide bonds. The summed E-state index contributed by atoms with van der Waals surface area (Å²) in [6.45, 7) is 1.68. The molecule has 86 valence electrons. The number of fused-ring (bicyclic) bond motifs is 1. The molecule has 1 aromatic heterocycles. The number of aryl methyl sites for hydroxylation is 1. The van der Waals surface area contributed by atoms with Gasteiger partial charge in [-0.15, -0.1) is 0 Å². The molecule has 2 aliphatic rings. The molecule has 6 heteroatoms. The van der Waals surface area contributed by atoms with E-state index in [1.165, 1.54) is 0 Å². The molecule has 1 saturated heterocycles. The molecule has 3 rings (SSSR count). The fourth-order valence-corrected chi connectivity index (χ4v) is 2.11. The predicted octanol–water partition coefficient (Wildman–Crippen LogP) is 0.0618. The minimum Gasteiger partial charge on any atom is -0.342 e. The van der Waals surface area contributed by atoms with Crippen molar-refractivity contribution in [2.45, 2.75) is 19.1 Å². The number of rotatable bonds is 1. The first-order valence-electron chi connectivity index (χ1n) is 5.43. The average Bonchev–Trinajstić information content (AvgIpc) is 2.98. The number of carbonyl (C=O) groups is 1. The zero-order valence-electron chi connectivity index (χ0n) is 8.81. The zero-order chi connectivity index (χ0) is 11.0. The molecule has 3 heterocycles. The maximum absolute atomic E-state index is 12.1. The van der Waals surface area contributed by atoms with Crippen molar-refractivity contribution in [3.8, 4) is 0 Å². The first-order valence-corrected chi connectivity index (χ1v) is 5.43. The molecule has 1 aromatic rings. The Morgan fingerprint density at radius 1 is 1.50 bits per heavy atom. The highest BCUT2D eigenvalue weighted by molar-refractivity contribution is 5.96. The fourth-order valence-electron chi connectivity index (χ4n) is 2.11. The lowest BCUT2D eigenvalue weighted by molar-refractivity contribution is -0.143. The van der Waals surface area contributed by atoms with Crippen LogP contribution in [0.15, 0.2) is 6.20 Å². The summed E-state index contributed by atoms with van der Waals surface area (Å²) >= 11 is 0. The second kappa shape index (κ2) is 3.88. The molecule has 6 nitrogen and oxygen atoms in total. The lowest BCUT2D eigenvalue weighted by Crippen LogP contribution is -2.42. The summed E-state index contributed by atoms with van der Waals surface area (Å²) in [7, 11) is 0. The van der Waals surface area contributed by atoms with Gasteiger partial charge in [-0.1, -0.05) is 0 Å². The molecular formula is C10H13N3O3. The molecule has 0 aromatic carbocycles. The monoisotopic (exact) mass is 223 g/mol. The SMILES string of the molecule is O=C(C1OCCO1)N1CCCc2[nH]ncc21. The van der Waals surface area contributed by atoms with E-state index in [1.807, 2.05) is 0 Å². The second-order valence-corrected chi connectivity index (χ2v) is 3.90. The average molecular weight is 223 g/mol. The number of aromatic amines is 1. The van der Waals surface area contributed by atoms with Gasteiger partial charge in [0.15, 0.2) is 0 Å². The van der Waals surface area contributed by atoms with Crippen LogP contribution in [0.1, 0.15) is 12.1 Å². The van der Waals surface area contributed by atoms with Crippen molar-refractivity contribution < 1.29 is 14.3 Å². The van der Waals surface area contributed by atoms with E-state index in [0.29, 0.717) is 19.8 Å². The van der Waals surface area contributed by atoms with Gasteiger partial charge in [0.2, 0.25) is 6.29 Å². The maximum atomic E-state index is 12.1. The number of nitrogens with zero attached hydrogens (tertiary/aromatic N) is 2. The quantitative estimate of drug-likeness (QED) is 0.731. The number of amides is 1. The van der Waals surface area contributed by atoms with Crippen molar-refractivity contribution >= 4 is 11.6 Å². The largest absolute Gasteiger partial charge is 0.342 e. The molecule has 0 aliphatic carbocycles. The van der Waals surface area contributed by atoms with Gasteiger partial charge in [0.25, 0.3) is 5.91 Å². The maximum Gasteiger partial charge on any atom is 0.284 e. The number of nitrogens with one attached hydrogen (secondary N) is 1. The lowest BCUT2D eigenvalue weighted by Gasteiger charge is -2.27. The van der Waals surface area contributed by atoms with Crippen LogP contribution in [-0.2, 0) is 20.7 Å². The topological polar surface area (TPSA) is 67.5 Å². The van der Waals surface area contributed by atoms with E-state index in [-0.39, 0.29) is 5.91 Å². The van der Waals surface area contributed by atoms with Crippen molar-refractivity contribution in [3.63, 3.8) is 0 Å². The number of hydrogen-bond acceptors (Lipinski definition) is 4. The Bertz CT molecular complexity index is 398. The molecule has 0 atom stereocenters. The lowest BCUT2D eigenvalue weighted by atomic mass is 10.1. The van der Waals surface area contributed by atoms with E-state index in [1.54, 1.807) is 11.1 Å². The molecule has 0 bridgehead atoms. The third kappa shape index (κ3) is 1.50. The van der Waals surface area contributed by atoms with Crippen LogP contribution in [0.3, 0.4) is 0 Å². The molecule has 0 spiro atoms. The van der Waals surface area contributed by atoms with Gasteiger partial charge < -0.3 is 14.4 Å². The molecule has 0 radical (unpaired) electrons. The number of H-pyrrole nitrogens is 1. The van der Waals surface area contributed by atoms with Crippen molar-refractivity contribution in [2.24, 2.45) is 0 Å². The van der Waals surface area contributed by atoms with Crippen molar-refractivity contribution in [1.82, 2.24) is 10.2 Å². The fraction of sp³-hybridized carbons (Fsp3) is 0.600. The Hall–Kier alpha value is -1.40. The molecule has 16 heavy (non-hydrogen) atoms. The van der Waals surface area contributed by atoms with Crippen molar-refractivity contribution in [1.29, 1.82) is 0 Å². The van der Waals surface area contributed by atoms with E-state index in [2.05, 4.69) is 10.2 Å². The summed E-state index contributed by atoms with van der Waals surface area (Å²) < 4.78 is 10.4. The Morgan fingerprint density at radius 3 is 3.12 bits per heavy atom. The molecule has 1 fully saturated rings. The van der Waals surface area contributed by atoms with Gasteiger partial charge in [-0.25, -0.2) is 0 Å². The Morgan fingerprint density at radius 2 is 2.31 bits per heavy atom.